The standard InChI is InChI=1S/C16H16ClFO/c1-2-3-12-4-7-14(8-5-12)19-16-9-6-13(11-17)10-15(16)18/h4-10H,2-3,11H2,1H3. The maximum atomic E-state index is 13.7. The molecule has 0 amide bonds. The Kier molecular flexibility index (Phi) is 4.80. The van der Waals surface area contributed by atoms with Gasteiger partial charge in [-0.2, -0.15) is 0 Å². The monoisotopic (exact) mass is 278 g/mol. The molecule has 2 aromatic carbocycles. The molecular weight excluding hydrogens is 263 g/mol. The molecule has 2 rings (SSSR count). The maximum Gasteiger partial charge on any atom is 0.166 e. The summed E-state index contributed by atoms with van der Waals surface area (Å²) >= 11 is 5.65. The first-order valence-corrected chi connectivity index (χ1v) is 6.87. The van der Waals surface area contributed by atoms with E-state index in [1.54, 1.807) is 12.1 Å². The van der Waals surface area contributed by atoms with Gasteiger partial charge in [0.25, 0.3) is 0 Å². The molecule has 100 valence electrons. The first-order valence-electron chi connectivity index (χ1n) is 6.34. The molecular formula is C16H16ClFO. The molecule has 0 aliphatic rings. The average Bonchev–Trinajstić information content (AvgIpc) is 2.43. The van der Waals surface area contributed by atoms with Gasteiger partial charge in [-0.1, -0.05) is 31.5 Å². The number of halogens is 2. The first kappa shape index (κ1) is 13.9. The topological polar surface area (TPSA) is 9.23 Å². The SMILES string of the molecule is CCCc1ccc(Oc2ccc(CCl)cc2F)cc1. The van der Waals surface area contributed by atoms with Crippen LogP contribution < -0.4 is 4.74 Å². The van der Waals surface area contributed by atoms with E-state index < -0.39 is 5.82 Å². The normalized spacial score (nSPS) is 10.5. The molecule has 0 spiro atoms. The Bertz CT molecular complexity index is 537. The number of hydrogen-bond donors (Lipinski definition) is 0. The zero-order valence-corrected chi connectivity index (χ0v) is 11.6. The second-order valence-electron chi connectivity index (χ2n) is 4.39. The molecule has 19 heavy (non-hydrogen) atoms. The van der Waals surface area contributed by atoms with E-state index in [1.807, 2.05) is 24.3 Å². The second kappa shape index (κ2) is 6.58. The van der Waals surface area contributed by atoms with E-state index in [0.29, 0.717) is 11.6 Å². The predicted octanol–water partition coefficient (Wildman–Crippen LogP) is 5.31. The van der Waals surface area contributed by atoms with Crippen LogP contribution in [0.4, 0.5) is 4.39 Å². The largest absolute Gasteiger partial charge is 0.454 e. The molecule has 2 aromatic rings. The summed E-state index contributed by atoms with van der Waals surface area (Å²) in [6, 6.07) is 12.5. The summed E-state index contributed by atoms with van der Waals surface area (Å²) in [7, 11) is 0. The molecule has 0 unspecified atom stereocenters. The molecule has 0 bridgehead atoms. The van der Waals surface area contributed by atoms with Crippen molar-refractivity contribution in [2.24, 2.45) is 0 Å². The van der Waals surface area contributed by atoms with Gasteiger partial charge in [0.2, 0.25) is 0 Å². The van der Waals surface area contributed by atoms with Gasteiger partial charge in [-0.05, 0) is 41.8 Å². The van der Waals surface area contributed by atoms with Gasteiger partial charge in [0.15, 0.2) is 11.6 Å². The van der Waals surface area contributed by atoms with E-state index in [9.17, 15) is 4.39 Å². The highest BCUT2D eigenvalue weighted by atomic mass is 35.5. The van der Waals surface area contributed by atoms with Crippen LogP contribution in [-0.2, 0) is 12.3 Å². The quantitative estimate of drug-likeness (QED) is 0.674. The lowest BCUT2D eigenvalue weighted by Gasteiger charge is -2.08. The maximum absolute atomic E-state index is 13.7. The molecule has 0 aliphatic heterocycles. The Morgan fingerprint density at radius 2 is 1.74 bits per heavy atom. The molecule has 0 atom stereocenters. The summed E-state index contributed by atoms with van der Waals surface area (Å²) in [5.74, 6) is 0.758. The van der Waals surface area contributed by atoms with Crippen molar-refractivity contribution < 1.29 is 9.13 Å². The number of benzene rings is 2. The highest BCUT2D eigenvalue weighted by molar-refractivity contribution is 6.17. The smallest absolute Gasteiger partial charge is 0.166 e. The van der Waals surface area contributed by atoms with Crippen molar-refractivity contribution in [1.29, 1.82) is 0 Å². The molecule has 0 saturated heterocycles. The first-order chi connectivity index (χ1) is 9.22. The van der Waals surface area contributed by atoms with Crippen LogP contribution in [0.25, 0.3) is 0 Å². The number of alkyl halides is 1. The Hall–Kier alpha value is -1.54. The van der Waals surface area contributed by atoms with E-state index >= 15 is 0 Å². The van der Waals surface area contributed by atoms with Crippen LogP contribution in [-0.4, -0.2) is 0 Å². The fraction of sp³-hybridized carbons (Fsp3) is 0.250. The van der Waals surface area contributed by atoms with E-state index in [1.165, 1.54) is 11.6 Å². The van der Waals surface area contributed by atoms with Crippen LogP contribution in [0.5, 0.6) is 11.5 Å². The third-order valence-corrected chi connectivity index (χ3v) is 3.15. The molecule has 0 aromatic heterocycles. The van der Waals surface area contributed by atoms with Crippen molar-refractivity contribution in [3.63, 3.8) is 0 Å². The Balaban J connectivity index is 2.12. The molecule has 1 nitrogen and oxygen atoms in total. The minimum absolute atomic E-state index is 0.220. The van der Waals surface area contributed by atoms with Crippen LogP contribution in [0.1, 0.15) is 24.5 Å². The molecule has 0 fully saturated rings. The third-order valence-electron chi connectivity index (χ3n) is 2.84. The highest BCUT2D eigenvalue weighted by Gasteiger charge is 2.06. The van der Waals surface area contributed by atoms with Gasteiger partial charge in [-0.25, -0.2) is 4.39 Å². The number of hydrogen-bond acceptors (Lipinski definition) is 1. The van der Waals surface area contributed by atoms with Gasteiger partial charge in [-0.3, -0.25) is 0 Å². The van der Waals surface area contributed by atoms with E-state index in [-0.39, 0.29) is 5.75 Å². The zero-order valence-electron chi connectivity index (χ0n) is 10.8. The van der Waals surface area contributed by atoms with E-state index in [0.717, 1.165) is 18.4 Å². The van der Waals surface area contributed by atoms with Crippen LogP contribution in [0.2, 0.25) is 0 Å². The van der Waals surface area contributed by atoms with Gasteiger partial charge in [0, 0.05) is 5.88 Å². The van der Waals surface area contributed by atoms with Crippen LogP contribution in [0.15, 0.2) is 42.5 Å². The summed E-state index contributed by atoms with van der Waals surface area (Å²) in [4.78, 5) is 0. The van der Waals surface area contributed by atoms with Gasteiger partial charge >= 0.3 is 0 Å². The summed E-state index contributed by atoms with van der Waals surface area (Å²) in [5.41, 5.74) is 2.00. The van der Waals surface area contributed by atoms with E-state index in [2.05, 4.69) is 6.92 Å². The van der Waals surface area contributed by atoms with Gasteiger partial charge in [-0.15, -0.1) is 11.6 Å². The molecule has 3 heteroatoms. The lowest BCUT2D eigenvalue weighted by molar-refractivity contribution is 0.441. The summed E-state index contributed by atoms with van der Waals surface area (Å²) in [5, 5.41) is 0. The number of rotatable bonds is 5. The Morgan fingerprint density at radius 3 is 2.32 bits per heavy atom. The molecule has 0 heterocycles. The third kappa shape index (κ3) is 3.71. The molecule has 0 saturated carbocycles. The summed E-state index contributed by atoms with van der Waals surface area (Å²) in [6.07, 6.45) is 2.15. The fourth-order valence-corrected chi connectivity index (χ4v) is 2.02. The predicted molar refractivity (Wildman–Crippen MR) is 76.5 cm³/mol. The van der Waals surface area contributed by atoms with Crippen LogP contribution in [0.3, 0.4) is 0 Å². The van der Waals surface area contributed by atoms with Crippen molar-refractivity contribution in [3.8, 4) is 11.5 Å². The number of aryl methyl sites for hydroxylation is 1. The van der Waals surface area contributed by atoms with Crippen molar-refractivity contribution in [1.82, 2.24) is 0 Å². The molecule has 0 radical (unpaired) electrons. The number of ether oxygens (including phenoxy) is 1. The Morgan fingerprint density at radius 1 is 1.05 bits per heavy atom. The van der Waals surface area contributed by atoms with E-state index in [4.69, 9.17) is 16.3 Å². The van der Waals surface area contributed by atoms with Crippen molar-refractivity contribution in [3.05, 3.63) is 59.4 Å². The lowest BCUT2D eigenvalue weighted by Crippen LogP contribution is -1.90. The van der Waals surface area contributed by atoms with Gasteiger partial charge in [0.1, 0.15) is 5.75 Å². The van der Waals surface area contributed by atoms with Gasteiger partial charge in [0.05, 0.1) is 0 Å². The highest BCUT2D eigenvalue weighted by Crippen LogP contribution is 2.26. The zero-order chi connectivity index (χ0) is 13.7. The average molecular weight is 279 g/mol. The Labute approximate surface area is 118 Å². The van der Waals surface area contributed by atoms with Crippen molar-refractivity contribution in [2.45, 2.75) is 25.6 Å². The summed E-state index contributed by atoms with van der Waals surface area (Å²) < 4.78 is 19.3. The minimum Gasteiger partial charge on any atom is -0.454 e. The second-order valence-corrected chi connectivity index (χ2v) is 4.66. The van der Waals surface area contributed by atoms with Crippen molar-refractivity contribution in [2.75, 3.05) is 0 Å². The minimum atomic E-state index is -0.393. The lowest BCUT2D eigenvalue weighted by atomic mass is 10.1. The molecule has 0 N–H and O–H groups in total. The van der Waals surface area contributed by atoms with Crippen LogP contribution >= 0.6 is 11.6 Å². The van der Waals surface area contributed by atoms with Crippen LogP contribution in [0, 0.1) is 5.82 Å². The van der Waals surface area contributed by atoms with Gasteiger partial charge < -0.3 is 4.74 Å². The molecule has 0 aliphatic carbocycles. The van der Waals surface area contributed by atoms with Crippen molar-refractivity contribution >= 4 is 11.6 Å². The fourth-order valence-electron chi connectivity index (χ4n) is 1.85. The summed E-state index contributed by atoms with van der Waals surface area (Å²) in [6.45, 7) is 2.14.